The Morgan fingerprint density at radius 3 is 2.33 bits per heavy atom. The van der Waals surface area contributed by atoms with Crippen LogP contribution in [0.4, 0.5) is 0 Å². The average Bonchev–Trinajstić information content (AvgIpc) is 2.78. The lowest BCUT2D eigenvalue weighted by molar-refractivity contribution is -0.123. The van der Waals surface area contributed by atoms with Gasteiger partial charge in [0.2, 0.25) is 0 Å². The first-order chi connectivity index (χ1) is 15.9. The van der Waals surface area contributed by atoms with Gasteiger partial charge in [-0.3, -0.25) is 4.79 Å². The Bertz CT molecular complexity index is 1150. The maximum atomic E-state index is 12.0. The maximum absolute atomic E-state index is 12.0. The molecule has 0 bridgehead atoms. The highest BCUT2D eigenvalue weighted by Gasteiger charge is 2.10. The summed E-state index contributed by atoms with van der Waals surface area (Å²) in [5, 5.41) is 5.74. The summed E-state index contributed by atoms with van der Waals surface area (Å²) in [4.78, 5) is 12.0. The van der Waals surface area contributed by atoms with E-state index in [1.54, 1.807) is 48.5 Å². The molecule has 0 aliphatic rings. The highest BCUT2D eigenvalue weighted by molar-refractivity contribution is 6.36. The molecule has 0 radical (unpaired) electrons. The average molecular weight is 528 g/mol. The van der Waals surface area contributed by atoms with Gasteiger partial charge >= 0.3 is 0 Å². The Morgan fingerprint density at radius 2 is 1.64 bits per heavy atom. The Balaban J connectivity index is 1.55. The van der Waals surface area contributed by atoms with E-state index in [2.05, 4.69) is 10.5 Å². The zero-order chi connectivity index (χ0) is 23.8. The molecule has 0 fully saturated rings. The van der Waals surface area contributed by atoms with Gasteiger partial charge in [-0.25, -0.2) is 5.43 Å². The molecule has 3 rings (SSSR count). The molecule has 1 amide bonds. The normalized spacial score (nSPS) is 10.8. The lowest BCUT2D eigenvalue weighted by atomic mass is 10.2. The van der Waals surface area contributed by atoms with Gasteiger partial charge in [-0.15, -0.1) is 0 Å². The van der Waals surface area contributed by atoms with Crippen LogP contribution in [0.3, 0.4) is 0 Å². The van der Waals surface area contributed by atoms with Gasteiger partial charge < -0.3 is 14.2 Å². The molecule has 0 spiro atoms. The second-order valence-corrected chi connectivity index (χ2v) is 8.21. The monoisotopic (exact) mass is 526 g/mol. The number of nitrogens with zero attached hydrogens (tertiary/aromatic N) is 1. The number of hydrogen-bond donors (Lipinski definition) is 1. The van der Waals surface area contributed by atoms with E-state index >= 15 is 0 Å². The number of carbonyl (C=O) groups is 1. The molecule has 10 heteroatoms. The van der Waals surface area contributed by atoms with Gasteiger partial charge in [0.15, 0.2) is 18.1 Å². The van der Waals surface area contributed by atoms with Gasteiger partial charge in [0.05, 0.1) is 18.3 Å². The number of carbonyl (C=O) groups excluding carboxylic acids is 1. The highest BCUT2D eigenvalue weighted by Crippen LogP contribution is 2.31. The van der Waals surface area contributed by atoms with Crippen molar-refractivity contribution < 1.29 is 19.0 Å². The number of methoxy groups -OCH3 is 1. The van der Waals surface area contributed by atoms with E-state index in [4.69, 9.17) is 60.6 Å². The molecule has 0 heterocycles. The number of ether oxygens (including phenoxy) is 3. The summed E-state index contributed by atoms with van der Waals surface area (Å²) in [5.41, 5.74) is 3.74. The molecule has 0 saturated carbocycles. The van der Waals surface area contributed by atoms with Crippen LogP contribution in [-0.2, 0) is 11.4 Å². The van der Waals surface area contributed by atoms with Crippen LogP contribution in [0.25, 0.3) is 0 Å². The molecule has 33 heavy (non-hydrogen) atoms. The summed E-state index contributed by atoms with van der Waals surface area (Å²) in [6.07, 6.45) is 1.46. The van der Waals surface area contributed by atoms with Crippen LogP contribution in [0.2, 0.25) is 20.1 Å². The molecule has 3 aromatic rings. The molecule has 0 aliphatic carbocycles. The van der Waals surface area contributed by atoms with Crippen LogP contribution in [0.15, 0.2) is 59.7 Å². The first kappa shape index (κ1) is 25.0. The van der Waals surface area contributed by atoms with Gasteiger partial charge in [-0.2, -0.15) is 5.10 Å². The number of amides is 1. The lowest BCUT2D eigenvalue weighted by Gasteiger charge is -2.13. The minimum absolute atomic E-state index is 0.177. The van der Waals surface area contributed by atoms with Crippen LogP contribution in [0.5, 0.6) is 17.2 Å². The maximum Gasteiger partial charge on any atom is 0.277 e. The van der Waals surface area contributed by atoms with Crippen molar-refractivity contribution >= 4 is 58.5 Å². The van der Waals surface area contributed by atoms with Crippen LogP contribution >= 0.6 is 46.4 Å². The molecular formula is C23H18Cl4N2O4. The van der Waals surface area contributed by atoms with E-state index in [0.717, 1.165) is 0 Å². The summed E-state index contributed by atoms with van der Waals surface area (Å²) in [7, 11) is 1.52. The minimum atomic E-state index is -0.458. The number of hydrazone groups is 1. The SMILES string of the molecule is COc1cc(/C=N/NC(=O)COc2ccc(Cl)cc2Cl)ccc1OCc1c(Cl)cccc1Cl. The fourth-order valence-corrected chi connectivity index (χ4v) is 3.62. The summed E-state index contributed by atoms with van der Waals surface area (Å²) in [6.45, 7) is -0.0879. The van der Waals surface area contributed by atoms with E-state index in [-0.39, 0.29) is 13.2 Å². The summed E-state index contributed by atoms with van der Waals surface area (Å²) >= 11 is 24.2. The molecule has 0 aromatic heterocycles. The number of benzene rings is 3. The summed E-state index contributed by atoms with van der Waals surface area (Å²) < 4.78 is 16.6. The quantitative estimate of drug-likeness (QED) is 0.257. The van der Waals surface area contributed by atoms with Crippen molar-refractivity contribution in [1.82, 2.24) is 5.43 Å². The topological polar surface area (TPSA) is 69.2 Å². The molecule has 0 atom stereocenters. The second kappa shape index (κ2) is 12.0. The molecule has 6 nitrogen and oxygen atoms in total. The van der Waals surface area contributed by atoms with Crippen molar-refractivity contribution in [2.75, 3.05) is 13.7 Å². The second-order valence-electron chi connectivity index (χ2n) is 6.56. The van der Waals surface area contributed by atoms with E-state index in [1.807, 2.05) is 0 Å². The Morgan fingerprint density at radius 1 is 0.909 bits per heavy atom. The van der Waals surface area contributed by atoms with Crippen molar-refractivity contribution in [3.63, 3.8) is 0 Å². The summed E-state index contributed by atoms with van der Waals surface area (Å²) in [5.74, 6) is 0.872. The fourth-order valence-electron chi connectivity index (χ4n) is 2.65. The number of halogens is 4. The minimum Gasteiger partial charge on any atom is -0.493 e. The zero-order valence-electron chi connectivity index (χ0n) is 17.3. The largest absolute Gasteiger partial charge is 0.493 e. The van der Waals surface area contributed by atoms with Crippen molar-refractivity contribution in [2.24, 2.45) is 5.10 Å². The van der Waals surface area contributed by atoms with Gasteiger partial charge in [-0.05, 0) is 54.1 Å². The molecule has 0 aliphatic heterocycles. The van der Waals surface area contributed by atoms with Gasteiger partial charge in [-0.1, -0.05) is 52.5 Å². The molecule has 3 aromatic carbocycles. The molecule has 0 unspecified atom stereocenters. The fraction of sp³-hybridized carbons (Fsp3) is 0.130. The predicted octanol–water partition coefficient (Wildman–Crippen LogP) is 6.42. The molecule has 1 N–H and O–H groups in total. The molecule has 172 valence electrons. The van der Waals surface area contributed by atoms with Crippen molar-refractivity contribution in [3.8, 4) is 17.2 Å². The van der Waals surface area contributed by atoms with Gasteiger partial charge in [0.25, 0.3) is 5.91 Å². The Kier molecular flexibility index (Phi) is 9.09. The standard InChI is InChI=1S/C23H18Cl4N2O4/c1-31-22-9-14(5-7-21(22)32-12-16-17(25)3-2-4-18(16)26)11-28-29-23(30)13-33-20-8-6-15(24)10-19(20)27/h2-11H,12-13H2,1H3,(H,29,30)/b28-11+. The van der Waals surface area contributed by atoms with Crippen LogP contribution in [-0.4, -0.2) is 25.8 Å². The Labute approximate surface area is 211 Å². The smallest absolute Gasteiger partial charge is 0.277 e. The predicted molar refractivity (Wildman–Crippen MR) is 131 cm³/mol. The van der Waals surface area contributed by atoms with E-state index in [1.165, 1.54) is 19.4 Å². The first-order valence-electron chi connectivity index (χ1n) is 9.51. The third kappa shape index (κ3) is 7.17. The Hall–Kier alpha value is -2.64. The molecular weight excluding hydrogens is 510 g/mol. The van der Waals surface area contributed by atoms with E-state index in [0.29, 0.717) is 48.5 Å². The number of hydrogen-bond acceptors (Lipinski definition) is 5. The van der Waals surface area contributed by atoms with Gasteiger partial charge in [0.1, 0.15) is 12.4 Å². The number of nitrogens with one attached hydrogen (secondary N) is 1. The third-order valence-corrected chi connectivity index (χ3v) is 5.52. The number of rotatable bonds is 9. The van der Waals surface area contributed by atoms with Crippen LogP contribution in [0, 0.1) is 0 Å². The van der Waals surface area contributed by atoms with Crippen molar-refractivity contribution in [3.05, 3.63) is 85.8 Å². The van der Waals surface area contributed by atoms with E-state index in [9.17, 15) is 4.79 Å². The van der Waals surface area contributed by atoms with Crippen molar-refractivity contribution in [2.45, 2.75) is 6.61 Å². The lowest BCUT2D eigenvalue weighted by Crippen LogP contribution is -2.24. The van der Waals surface area contributed by atoms with Crippen LogP contribution < -0.4 is 19.6 Å². The van der Waals surface area contributed by atoms with Crippen molar-refractivity contribution in [1.29, 1.82) is 0 Å². The summed E-state index contributed by atoms with van der Waals surface area (Å²) in [6, 6.07) is 15.2. The van der Waals surface area contributed by atoms with Crippen LogP contribution in [0.1, 0.15) is 11.1 Å². The third-order valence-electron chi connectivity index (χ3n) is 4.28. The van der Waals surface area contributed by atoms with Gasteiger partial charge in [0, 0.05) is 20.6 Å². The first-order valence-corrected chi connectivity index (χ1v) is 11.0. The highest BCUT2D eigenvalue weighted by atomic mass is 35.5. The molecule has 0 saturated heterocycles. The zero-order valence-corrected chi connectivity index (χ0v) is 20.3. The van der Waals surface area contributed by atoms with E-state index < -0.39 is 5.91 Å².